The minimum absolute atomic E-state index is 0.158. The van der Waals surface area contributed by atoms with Crippen molar-refractivity contribution < 1.29 is 23.7 Å². The van der Waals surface area contributed by atoms with Crippen LogP contribution in [0, 0.1) is 12.1 Å². The summed E-state index contributed by atoms with van der Waals surface area (Å²) in [5.74, 6) is 0.527. The molecular weight excluding hydrogens is 441 g/mol. The van der Waals surface area contributed by atoms with Crippen molar-refractivity contribution >= 4 is 29.2 Å². The summed E-state index contributed by atoms with van der Waals surface area (Å²) in [6.45, 7) is 1.93. The van der Waals surface area contributed by atoms with Gasteiger partial charge in [-0.2, -0.15) is 4.73 Å². The smallest absolute Gasteiger partial charge is 0.338 e. The van der Waals surface area contributed by atoms with E-state index >= 15 is 0 Å². The highest BCUT2D eigenvalue weighted by Gasteiger charge is 2.24. The standard InChI is InChI=1S/C23H21Cl2NO5/c1-14-4-6-15(7-5-14)23(27)31-21(11-17-18(24)12-26(28)13-19(17)25)16-8-9-20(29-2)22(10-16)30-3/h4-10,12-13,21H,11H2,1-3H3/t21-/m0/s1. The second kappa shape index (κ2) is 9.90. The molecule has 2 aromatic carbocycles. The number of halogens is 2. The molecule has 3 aromatic rings. The largest absolute Gasteiger partial charge is 0.619 e. The Balaban J connectivity index is 1.99. The van der Waals surface area contributed by atoms with Crippen LogP contribution in [0.1, 0.15) is 33.2 Å². The fourth-order valence-corrected chi connectivity index (χ4v) is 3.68. The highest BCUT2D eigenvalue weighted by Crippen LogP contribution is 2.35. The number of ether oxygens (including phenoxy) is 3. The van der Waals surface area contributed by atoms with E-state index in [1.807, 2.05) is 19.1 Å². The van der Waals surface area contributed by atoms with E-state index in [4.69, 9.17) is 37.4 Å². The molecule has 1 heterocycles. The molecule has 0 aliphatic carbocycles. The van der Waals surface area contributed by atoms with Crippen LogP contribution in [0.5, 0.6) is 11.5 Å². The molecular formula is C23H21Cl2NO5. The van der Waals surface area contributed by atoms with Crippen LogP contribution in [0.25, 0.3) is 0 Å². The number of hydrogen-bond acceptors (Lipinski definition) is 5. The molecule has 0 aliphatic rings. The number of hydrogen-bond donors (Lipinski definition) is 0. The van der Waals surface area contributed by atoms with Gasteiger partial charge in [-0.05, 0) is 36.8 Å². The number of esters is 1. The van der Waals surface area contributed by atoms with Crippen LogP contribution in [-0.2, 0) is 11.2 Å². The molecule has 0 bridgehead atoms. The van der Waals surface area contributed by atoms with Gasteiger partial charge in [-0.3, -0.25) is 0 Å². The number of benzene rings is 2. The van der Waals surface area contributed by atoms with E-state index < -0.39 is 12.1 Å². The fraction of sp³-hybridized carbons (Fsp3) is 0.217. The molecule has 0 saturated carbocycles. The number of rotatable bonds is 7. The molecule has 6 nitrogen and oxygen atoms in total. The number of nitrogens with zero attached hydrogens (tertiary/aromatic N) is 1. The maximum absolute atomic E-state index is 12.8. The average Bonchev–Trinajstić information content (AvgIpc) is 2.75. The molecule has 162 valence electrons. The zero-order valence-corrected chi connectivity index (χ0v) is 18.7. The van der Waals surface area contributed by atoms with Crippen LogP contribution in [0.4, 0.5) is 0 Å². The Hall–Kier alpha value is -2.96. The molecule has 8 heteroatoms. The minimum Gasteiger partial charge on any atom is -0.619 e. The molecule has 0 amide bonds. The minimum atomic E-state index is -0.744. The Morgan fingerprint density at radius 3 is 2.19 bits per heavy atom. The van der Waals surface area contributed by atoms with Crippen molar-refractivity contribution in [3.05, 3.63) is 92.4 Å². The van der Waals surface area contributed by atoms with Crippen LogP contribution in [0.3, 0.4) is 0 Å². The van der Waals surface area contributed by atoms with Gasteiger partial charge in [0.25, 0.3) is 0 Å². The van der Waals surface area contributed by atoms with Gasteiger partial charge in [-0.25, -0.2) is 4.79 Å². The second-order valence-corrected chi connectivity index (χ2v) is 7.69. The highest BCUT2D eigenvalue weighted by atomic mass is 35.5. The third-order valence-electron chi connectivity index (χ3n) is 4.76. The van der Waals surface area contributed by atoms with E-state index in [2.05, 4.69) is 0 Å². The lowest BCUT2D eigenvalue weighted by Crippen LogP contribution is -2.25. The first-order valence-corrected chi connectivity index (χ1v) is 10.1. The molecule has 0 spiro atoms. The summed E-state index contributed by atoms with van der Waals surface area (Å²) in [6.07, 6.45) is 1.82. The molecule has 0 N–H and O–H groups in total. The van der Waals surface area contributed by atoms with Crippen LogP contribution in [0.15, 0.2) is 54.9 Å². The van der Waals surface area contributed by atoms with Crippen LogP contribution in [-0.4, -0.2) is 20.2 Å². The van der Waals surface area contributed by atoms with Crippen molar-refractivity contribution in [1.29, 1.82) is 0 Å². The molecule has 0 unspecified atom stereocenters. The number of carbonyl (C=O) groups excluding carboxylic acids is 1. The third-order valence-corrected chi connectivity index (χ3v) is 5.41. The highest BCUT2D eigenvalue weighted by molar-refractivity contribution is 6.35. The van der Waals surface area contributed by atoms with Crippen molar-refractivity contribution in [3.63, 3.8) is 0 Å². The van der Waals surface area contributed by atoms with E-state index in [-0.39, 0.29) is 16.5 Å². The summed E-state index contributed by atoms with van der Waals surface area (Å²) in [7, 11) is 3.06. The Morgan fingerprint density at radius 2 is 1.61 bits per heavy atom. The van der Waals surface area contributed by atoms with E-state index in [1.165, 1.54) is 26.6 Å². The van der Waals surface area contributed by atoms with E-state index in [0.29, 0.717) is 32.9 Å². The maximum Gasteiger partial charge on any atom is 0.338 e. The average molecular weight is 462 g/mol. The second-order valence-electron chi connectivity index (χ2n) is 6.87. The number of methoxy groups -OCH3 is 2. The Bertz CT molecular complexity index is 1060. The molecule has 0 saturated heterocycles. The van der Waals surface area contributed by atoms with Crippen LogP contribution >= 0.6 is 23.2 Å². The van der Waals surface area contributed by atoms with Crippen molar-refractivity contribution in [1.82, 2.24) is 0 Å². The van der Waals surface area contributed by atoms with Gasteiger partial charge in [0.05, 0.1) is 19.8 Å². The first-order valence-electron chi connectivity index (χ1n) is 9.38. The van der Waals surface area contributed by atoms with E-state index in [1.54, 1.807) is 30.3 Å². The summed E-state index contributed by atoms with van der Waals surface area (Å²) in [5, 5.41) is 12.0. The lowest BCUT2D eigenvalue weighted by atomic mass is 10.0. The molecule has 3 rings (SSSR count). The molecule has 31 heavy (non-hydrogen) atoms. The number of carbonyl (C=O) groups is 1. The van der Waals surface area contributed by atoms with E-state index in [0.717, 1.165) is 5.56 Å². The van der Waals surface area contributed by atoms with Crippen LogP contribution in [0.2, 0.25) is 10.0 Å². The molecule has 1 atom stereocenters. The van der Waals surface area contributed by atoms with Gasteiger partial charge in [0.1, 0.15) is 16.1 Å². The molecule has 0 radical (unpaired) electrons. The Labute approximate surface area is 190 Å². The van der Waals surface area contributed by atoms with Crippen molar-refractivity contribution in [2.24, 2.45) is 0 Å². The molecule has 0 aliphatic heterocycles. The topological polar surface area (TPSA) is 71.7 Å². The van der Waals surface area contributed by atoms with Gasteiger partial charge < -0.3 is 19.4 Å². The van der Waals surface area contributed by atoms with Gasteiger partial charge in [0.2, 0.25) is 0 Å². The zero-order chi connectivity index (χ0) is 22.5. The Morgan fingerprint density at radius 1 is 1.00 bits per heavy atom. The van der Waals surface area contributed by atoms with E-state index in [9.17, 15) is 10.0 Å². The number of pyridine rings is 1. The first-order chi connectivity index (χ1) is 14.8. The summed E-state index contributed by atoms with van der Waals surface area (Å²) in [6, 6.07) is 12.3. The maximum atomic E-state index is 12.8. The predicted molar refractivity (Wildman–Crippen MR) is 118 cm³/mol. The zero-order valence-electron chi connectivity index (χ0n) is 17.2. The lowest BCUT2D eigenvalue weighted by Gasteiger charge is -2.21. The molecule has 1 aromatic heterocycles. The van der Waals surface area contributed by atoms with Gasteiger partial charge in [-0.15, -0.1) is 0 Å². The molecule has 0 fully saturated rings. The summed E-state index contributed by atoms with van der Waals surface area (Å²) in [4.78, 5) is 12.8. The van der Waals surface area contributed by atoms with Crippen LogP contribution < -0.4 is 14.2 Å². The van der Waals surface area contributed by atoms with Crippen molar-refractivity contribution in [2.45, 2.75) is 19.4 Å². The first kappa shape index (κ1) is 22.7. The van der Waals surface area contributed by atoms with Crippen molar-refractivity contribution in [3.8, 4) is 11.5 Å². The predicted octanol–water partition coefficient (Wildman–Crippen LogP) is 5.09. The SMILES string of the molecule is COc1ccc([C@H](Cc2c(Cl)c[n+]([O-])cc2Cl)OC(=O)c2ccc(C)cc2)cc1OC. The number of aryl methyl sites for hydroxylation is 1. The number of aromatic nitrogens is 1. The normalized spacial score (nSPS) is 11.6. The quantitative estimate of drug-likeness (QED) is 0.278. The lowest BCUT2D eigenvalue weighted by molar-refractivity contribution is -0.605. The Kier molecular flexibility index (Phi) is 7.25. The summed E-state index contributed by atoms with van der Waals surface area (Å²) < 4.78 is 17.0. The van der Waals surface area contributed by atoms with Crippen molar-refractivity contribution in [2.75, 3.05) is 14.2 Å². The van der Waals surface area contributed by atoms with Gasteiger partial charge in [0.15, 0.2) is 23.9 Å². The third kappa shape index (κ3) is 5.40. The summed E-state index contributed by atoms with van der Waals surface area (Å²) >= 11 is 12.5. The summed E-state index contributed by atoms with van der Waals surface area (Å²) in [5.41, 5.74) is 2.59. The van der Waals surface area contributed by atoms with Gasteiger partial charge >= 0.3 is 5.97 Å². The monoisotopic (exact) mass is 461 g/mol. The van der Waals surface area contributed by atoms with Gasteiger partial charge in [-0.1, -0.05) is 47.0 Å². The van der Waals surface area contributed by atoms with Gasteiger partial charge in [0, 0.05) is 12.0 Å². The fourth-order valence-electron chi connectivity index (χ4n) is 3.08.